The predicted octanol–water partition coefficient (Wildman–Crippen LogP) is 2.66. The van der Waals surface area contributed by atoms with Gasteiger partial charge in [-0.25, -0.2) is 9.78 Å². The van der Waals surface area contributed by atoms with E-state index in [9.17, 15) is 4.79 Å². The van der Waals surface area contributed by atoms with E-state index in [2.05, 4.69) is 14.9 Å². The van der Waals surface area contributed by atoms with E-state index in [1.165, 1.54) is 0 Å². The molecule has 7 nitrogen and oxygen atoms in total. The van der Waals surface area contributed by atoms with Crippen molar-refractivity contribution in [2.75, 3.05) is 30.3 Å². The molecular weight excluding hydrogens is 318 g/mol. The van der Waals surface area contributed by atoms with Gasteiger partial charge in [0.1, 0.15) is 11.4 Å². The highest BCUT2D eigenvalue weighted by atomic mass is 16.6. The lowest BCUT2D eigenvalue weighted by Gasteiger charge is -2.40. The lowest BCUT2D eigenvalue weighted by molar-refractivity contribution is 0.0158. The molecular formula is C18H25N5O2. The van der Waals surface area contributed by atoms with E-state index in [1.807, 2.05) is 45.9 Å². The molecule has 1 aromatic heterocycles. The summed E-state index contributed by atoms with van der Waals surface area (Å²) in [6.07, 6.45) is 1.50. The fourth-order valence-electron chi connectivity index (χ4n) is 2.93. The molecule has 25 heavy (non-hydrogen) atoms. The van der Waals surface area contributed by atoms with Gasteiger partial charge in [-0.15, -0.1) is 0 Å². The largest absolute Gasteiger partial charge is 0.444 e. The first kappa shape index (κ1) is 17.3. The highest BCUT2D eigenvalue weighted by Gasteiger charge is 2.31. The number of rotatable bonds is 1. The molecule has 0 unspecified atom stereocenters. The molecule has 1 amide bonds. The quantitative estimate of drug-likeness (QED) is 0.801. The van der Waals surface area contributed by atoms with Crippen LogP contribution in [0, 0.1) is 0 Å². The van der Waals surface area contributed by atoms with Gasteiger partial charge in [-0.1, -0.05) is 0 Å². The van der Waals surface area contributed by atoms with Crippen molar-refractivity contribution in [3.05, 3.63) is 24.4 Å². The number of benzene rings is 1. The summed E-state index contributed by atoms with van der Waals surface area (Å²) in [4.78, 5) is 25.4. The lowest BCUT2D eigenvalue weighted by Crippen LogP contribution is -2.55. The van der Waals surface area contributed by atoms with E-state index in [4.69, 9.17) is 10.5 Å². The van der Waals surface area contributed by atoms with E-state index < -0.39 is 5.60 Å². The Kier molecular flexibility index (Phi) is 4.41. The molecule has 1 atom stereocenters. The number of anilines is 2. The summed E-state index contributed by atoms with van der Waals surface area (Å²) in [5, 5.41) is 0. The molecule has 2 heterocycles. The van der Waals surface area contributed by atoms with Gasteiger partial charge in [0.25, 0.3) is 0 Å². The first-order chi connectivity index (χ1) is 11.7. The maximum Gasteiger partial charge on any atom is 0.410 e. The summed E-state index contributed by atoms with van der Waals surface area (Å²) < 4.78 is 5.49. The van der Waals surface area contributed by atoms with E-state index >= 15 is 0 Å². The van der Waals surface area contributed by atoms with Gasteiger partial charge in [0.05, 0.1) is 17.2 Å². The summed E-state index contributed by atoms with van der Waals surface area (Å²) in [6, 6.07) is 5.55. The highest BCUT2D eigenvalue weighted by Crippen LogP contribution is 2.21. The summed E-state index contributed by atoms with van der Waals surface area (Å²) in [6.45, 7) is 9.63. The molecule has 0 radical (unpaired) electrons. The second kappa shape index (κ2) is 6.38. The molecule has 2 aromatic rings. The van der Waals surface area contributed by atoms with Crippen LogP contribution in [-0.2, 0) is 4.74 Å². The Bertz CT molecular complexity index is 787. The minimum atomic E-state index is -0.487. The standard InChI is InChI=1S/C18H25N5O2/c1-12-11-22(7-8-23(12)17(24)25-18(2,3)4)16-10-20-15-9-13(19)5-6-14(15)21-16/h5-6,9-10,12H,7-8,11,19H2,1-4H3/t12-/m0/s1. The molecule has 1 aliphatic rings. The van der Waals surface area contributed by atoms with Crippen LogP contribution in [0.4, 0.5) is 16.3 Å². The van der Waals surface area contributed by atoms with Crippen LogP contribution in [0.5, 0.6) is 0 Å². The Balaban J connectivity index is 1.72. The number of nitrogens with two attached hydrogens (primary N) is 1. The van der Waals surface area contributed by atoms with E-state index in [0.717, 1.165) is 16.9 Å². The molecule has 0 aliphatic carbocycles. The summed E-state index contributed by atoms with van der Waals surface area (Å²) in [5.41, 5.74) is 7.57. The first-order valence-electron chi connectivity index (χ1n) is 8.50. The molecule has 0 bridgehead atoms. The summed E-state index contributed by atoms with van der Waals surface area (Å²) >= 11 is 0. The van der Waals surface area contributed by atoms with Gasteiger partial charge >= 0.3 is 6.09 Å². The van der Waals surface area contributed by atoms with Crippen LogP contribution < -0.4 is 10.6 Å². The van der Waals surface area contributed by atoms with Crippen LogP contribution in [0.25, 0.3) is 11.0 Å². The summed E-state index contributed by atoms with van der Waals surface area (Å²) in [5.74, 6) is 0.813. The van der Waals surface area contributed by atoms with E-state index in [1.54, 1.807) is 11.1 Å². The Morgan fingerprint density at radius 3 is 2.72 bits per heavy atom. The Hall–Kier alpha value is -2.57. The number of carbonyl (C=O) groups excluding carboxylic acids is 1. The molecule has 1 aliphatic heterocycles. The number of aromatic nitrogens is 2. The Labute approximate surface area is 147 Å². The molecule has 7 heteroatoms. The van der Waals surface area contributed by atoms with Crippen LogP contribution in [0.2, 0.25) is 0 Å². The SMILES string of the molecule is C[C@H]1CN(c2cnc3cc(N)ccc3n2)CCN1C(=O)OC(C)(C)C. The van der Waals surface area contributed by atoms with Gasteiger partial charge in [-0.2, -0.15) is 0 Å². The molecule has 3 rings (SSSR count). The van der Waals surface area contributed by atoms with Crippen LogP contribution in [0.3, 0.4) is 0 Å². The second-order valence-corrected chi connectivity index (χ2v) is 7.45. The second-order valence-electron chi connectivity index (χ2n) is 7.45. The number of piperazine rings is 1. The molecule has 1 aromatic carbocycles. The van der Waals surface area contributed by atoms with Crippen LogP contribution in [0.1, 0.15) is 27.7 Å². The first-order valence-corrected chi connectivity index (χ1v) is 8.50. The monoisotopic (exact) mass is 343 g/mol. The number of amides is 1. The molecule has 134 valence electrons. The van der Waals surface area contributed by atoms with Crippen molar-refractivity contribution in [1.82, 2.24) is 14.9 Å². The number of ether oxygens (including phenoxy) is 1. The van der Waals surface area contributed by atoms with Gasteiger partial charge in [-0.3, -0.25) is 4.98 Å². The van der Waals surface area contributed by atoms with E-state index in [0.29, 0.717) is 25.3 Å². The van der Waals surface area contributed by atoms with Gasteiger partial charge < -0.3 is 20.3 Å². The molecule has 0 saturated carbocycles. The zero-order valence-electron chi connectivity index (χ0n) is 15.2. The normalized spacial score (nSPS) is 18.5. The third-order valence-corrected chi connectivity index (χ3v) is 4.13. The minimum absolute atomic E-state index is 0.0347. The van der Waals surface area contributed by atoms with Crippen molar-refractivity contribution in [2.24, 2.45) is 0 Å². The zero-order valence-corrected chi connectivity index (χ0v) is 15.2. The van der Waals surface area contributed by atoms with Crippen molar-refractivity contribution in [2.45, 2.75) is 39.3 Å². The Morgan fingerprint density at radius 2 is 2.04 bits per heavy atom. The average molecular weight is 343 g/mol. The predicted molar refractivity (Wildman–Crippen MR) is 98.6 cm³/mol. The van der Waals surface area contributed by atoms with Gasteiger partial charge in [-0.05, 0) is 45.9 Å². The maximum atomic E-state index is 12.3. The van der Waals surface area contributed by atoms with Crippen LogP contribution in [-0.4, -0.2) is 52.2 Å². The summed E-state index contributed by atoms with van der Waals surface area (Å²) in [7, 11) is 0. The van der Waals surface area contributed by atoms with Crippen molar-refractivity contribution >= 4 is 28.6 Å². The van der Waals surface area contributed by atoms with Crippen molar-refractivity contribution in [3.8, 4) is 0 Å². The third-order valence-electron chi connectivity index (χ3n) is 4.13. The van der Waals surface area contributed by atoms with Crippen molar-refractivity contribution in [1.29, 1.82) is 0 Å². The smallest absolute Gasteiger partial charge is 0.410 e. The fourth-order valence-corrected chi connectivity index (χ4v) is 2.93. The van der Waals surface area contributed by atoms with Crippen molar-refractivity contribution < 1.29 is 9.53 Å². The number of fused-ring (bicyclic) bond motifs is 1. The topological polar surface area (TPSA) is 84.6 Å². The number of carbonyl (C=O) groups is 1. The van der Waals surface area contributed by atoms with Gasteiger partial charge in [0, 0.05) is 31.4 Å². The van der Waals surface area contributed by atoms with Crippen molar-refractivity contribution in [3.63, 3.8) is 0 Å². The Morgan fingerprint density at radius 1 is 1.28 bits per heavy atom. The zero-order chi connectivity index (χ0) is 18.2. The molecule has 0 spiro atoms. The molecule has 2 N–H and O–H groups in total. The number of nitrogen functional groups attached to an aromatic ring is 1. The fraction of sp³-hybridized carbons (Fsp3) is 0.500. The molecule has 1 fully saturated rings. The van der Waals surface area contributed by atoms with Gasteiger partial charge in [0.2, 0.25) is 0 Å². The number of nitrogens with zero attached hydrogens (tertiary/aromatic N) is 4. The maximum absolute atomic E-state index is 12.3. The number of hydrogen-bond acceptors (Lipinski definition) is 6. The molecule has 1 saturated heterocycles. The lowest BCUT2D eigenvalue weighted by atomic mass is 10.2. The van der Waals surface area contributed by atoms with Gasteiger partial charge in [0.15, 0.2) is 0 Å². The third kappa shape index (κ3) is 3.92. The van der Waals surface area contributed by atoms with Crippen LogP contribution in [0.15, 0.2) is 24.4 Å². The van der Waals surface area contributed by atoms with E-state index in [-0.39, 0.29) is 12.1 Å². The average Bonchev–Trinajstić information content (AvgIpc) is 2.52. The number of hydrogen-bond donors (Lipinski definition) is 1. The van der Waals surface area contributed by atoms with Crippen LogP contribution >= 0.6 is 0 Å². The highest BCUT2D eigenvalue weighted by molar-refractivity contribution is 5.79. The minimum Gasteiger partial charge on any atom is -0.444 e.